The smallest absolute Gasteiger partial charge is 0.332 e. The van der Waals surface area contributed by atoms with E-state index in [1.54, 1.807) is 0 Å². The van der Waals surface area contributed by atoms with Crippen molar-refractivity contribution in [1.82, 2.24) is 10.2 Å². The van der Waals surface area contributed by atoms with Gasteiger partial charge in [0.1, 0.15) is 5.01 Å². The first-order valence-electron chi connectivity index (χ1n) is 5.07. The van der Waals surface area contributed by atoms with Gasteiger partial charge in [0.2, 0.25) is 5.13 Å². The lowest BCUT2D eigenvalue weighted by Gasteiger charge is -2.10. The lowest BCUT2D eigenvalue weighted by Crippen LogP contribution is -2.24. The summed E-state index contributed by atoms with van der Waals surface area (Å²) >= 11 is 1.47. The molecule has 0 radical (unpaired) electrons. The topological polar surface area (TPSA) is 84.3 Å². The molecule has 88 valence electrons. The molecule has 0 saturated carbocycles. The van der Waals surface area contributed by atoms with E-state index in [2.05, 4.69) is 15.5 Å². The molecule has 1 aromatic heterocycles. The van der Waals surface area contributed by atoms with E-state index in [0.717, 1.165) is 16.6 Å². The Morgan fingerprint density at radius 2 is 2.44 bits per heavy atom. The molecule has 1 fully saturated rings. The summed E-state index contributed by atoms with van der Waals surface area (Å²) in [6.07, 6.45) is 0.645. The highest BCUT2D eigenvalue weighted by Crippen LogP contribution is 2.21. The van der Waals surface area contributed by atoms with Gasteiger partial charge in [-0.2, -0.15) is 0 Å². The van der Waals surface area contributed by atoms with E-state index in [9.17, 15) is 4.79 Å². The molecule has 0 bridgehead atoms. The van der Waals surface area contributed by atoms with E-state index in [0.29, 0.717) is 13.0 Å². The summed E-state index contributed by atoms with van der Waals surface area (Å²) in [5, 5.41) is 21.3. The third-order valence-electron chi connectivity index (χ3n) is 2.39. The molecule has 1 saturated heterocycles. The number of ether oxygens (including phenoxy) is 1. The summed E-state index contributed by atoms with van der Waals surface area (Å²) in [5.74, 6) is -0.880. The van der Waals surface area contributed by atoms with Gasteiger partial charge >= 0.3 is 5.97 Å². The molecule has 0 aliphatic carbocycles. The first kappa shape index (κ1) is 11.3. The van der Waals surface area contributed by atoms with E-state index in [4.69, 9.17) is 9.84 Å². The van der Waals surface area contributed by atoms with Crippen LogP contribution in [0.25, 0.3) is 0 Å². The summed E-state index contributed by atoms with van der Waals surface area (Å²) in [4.78, 5) is 10.7. The van der Waals surface area contributed by atoms with Crippen LogP contribution < -0.4 is 5.32 Å². The van der Waals surface area contributed by atoms with Crippen molar-refractivity contribution in [3.63, 3.8) is 0 Å². The predicted molar refractivity (Wildman–Crippen MR) is 58.7 cm³/mol. The van der Waals surface area contributed by atoms with Crippen molar-refractivity contribution in [2.24, 2.45) is 0 Å². The highest BCUT2D eigenvalue weighted by atomic mass is 32.1. The number of hydrogen-bond donors (Lipinski definition) is 2. The third-order valence-corrected chi connectivity index (χ3v) is 3.19. The van der Waals surface area contributed by atoms with Crippen molar-refractivity contribution in [3.05, 3.63) is 5.01 Å². The van der Waals surface area contributed by atoms with Gasteiger partial charge in [0.15, 0.2) is 6.10 Å². The predicted octanol–water partition coefficient (Wildman–Crippen LogP) is 0.891. The Hall–Kier alpha value is -1.21. The van der Waals surface area contributed by atoms with Crippen LogP contribution in [0, 0.1) is 6.92 Å². The Morgan fingerprint density at radius 3 is 3.00 bits per heavy atom. The fourth-order valence-electron chi connectivity index (χ4n) is 1.61. The lowest BCUT2D eigenvalue weighted by molar-refractivity contribution is -0.149. The van der Waals surface area contributed by atoms with Gasteiger partial charge in [0.05, 0.1) is 6.10 Å². The Labute approximate surface area is 96.6 Å². The van der Waals surface area contributed by atoms with Gasteiger partial charge in [-0.3, -0.25) is 0 Å². The van der Waals surface area contributed by atoms with Gasteiger partial charge in [-0.15, -0.1) is 10.2 Å². The number of aryl methyl sites for hydroxylation is 1. The second kappa shape index (κ2) is 4.75. The fourth-order valence-corrected chi connectivity index (χ4v) is 2.21. The van der Waals surface area contributed by atoms with Crippen LogP contribution in [0.3, 0.4) is 0 Å². The molecule has 7 heteroatoms. The number of nitrogens with zero attached hydrogens (tertiary/aromatic N) is 2. The van der Waals surface area contributed by atoms with E-state index in [-0.39, 0.29) is 6.10 Å². The largest absolute Gasteiger partial charge is 0.479 e. The van der Waals surface area contributed by atoms with Crippen LogP contribution in [0.1, 0.15) is 17.8 Å². The van der Waals surface area contributed by atoms with Crippen LogP contribution in [-0.4, -0.2) is 40.0 Å². The summed E-state index contributed by atoms with van der Waals surface area (Å²) in [7, 11) is 0. The molecular formula is C9H13N3O3S. The van der Waals surface area contributed by atoms with Crippen molar-refractivity contribution in [2.75, 3.05) is 11.9 Å². The molecular weight excluding hydrogens is 230 g/mol. The molecule has 1 aromatic rings. The van der Waals surface area contributed by atoms with Gasteiger partial charge in [-0.1, -0.05) is 11.3 Å². The number of anilines is 1. The van der Waals surface area contributed by atoms with Gasteiger partial charge in [-0.25, -0.2) is 4.79 Å². The Kier molecular flexibility index (Phi) is 3.35. The van der Waals surface area contributed by atoms with E-state index in [1.165, 1.54) is 11.3 Å². The van der Waals surface area contributed by atoms with Crippen LogP contribution in [-0.2, 0) is 9.53 Å². The zero-order valence-corrected chi connectivity index (χ0v) is 9.66. The summed E-state index contributed by atoms with van der Waals surface area (Å²) in [5.41, 5.74) is 0. The highest BCUT2D eigenvalue weighted by Gasteiger charge is 2.30. The quantitative estimate of drug-likeness (QED) is 0.817. The molecule has 2 heterocycles. The number of aromatic nitrogens is 2. The normalized spacial score (nSPS) is 24.6. The first-order valence-corrected chi connectivity index (χ1v) is 5.89. The number of carboxylic acids is 1. The fraction of sp³-hybridized carbons (Fsp3) is 0.667. The molecule has 1 aliphatic rings. The molecule has 0 spiro atoms. The first-order chi connectivity index (χ1) is 7.65. The maximum Gasteiger partial charge on any atom is 0.332 e. The second-order valence-corrected chi connectivity index (χ2v) is 4.85. The van der Waals surface area contributed by atoms with Gasteiger partial charge in [0.25, 0.3) is 0 Å². The minimum Gasteiger partial charge on any atom is -0.479 e. The molecule has 0 amide bonds. The Balaban J connectivity index is 1.77. The standard InChI is InChI=1S/C9H13N3O3S/c1-5-11-12-9(16-5)10-4-6-2-3-7(15-6)8(13)14/h6-7H,2-4H2,1H3,(H,10,12)(H,13,14). The number of nitrogens with one attached hydrogen (secondary N) is 1. The number of carboxylic acid groups (broad SMARTS) is 1. The molecule has 2 atom stereocenters. The average Bonchev–Trinajstić information content (AvgIpc) is 2.83. The molecule has 0 aromatic carbocycles. The zero-order chi connectivity index (χ0) is 11.5. The highest BCUT2D eigenvalue weighted by molar-refractivity contribution is 7.15. The summed E-state index contributed by atoms with van der Waals surface area (Å²) in [6.45, 7) is 2.47. The summed E-state index contributed by atoms with van der Waals surface area (Å²) < 4.78 is 5.35. The van der Waals surface area contributed by atoms with Gasteiger partial charge in [-0.05, 0) is 19.8 Å². The molecule has 1 aliphatic heterocycles. The Morgan fingerprint density at radius 1 is 1.62 bits per heavy atom. The van der Waals surface area contributed by atoms with Crippen molar-refractivity contribution < 1.29 is 14.6 Å². The molecule has 6 nitrogen and oxygen atoms in total. The van der Waals surface area contributed by atoms with Crippen molar-refractivity contribution in [1.29, 1.82) is 0 Å². The number of aliphatic carboxylic acids is 1. The van der Waals surface area contributed by atoms with Crippen molar-refractivity contribution in [2.45, 2.75) is 32.0 Å². The van der Waals surface area contributed by atoms with Crippen LogP contribution in [0.5, 0.6) is 0 Å². The molecule has 2 rings (SSSR count). The Bertz CT molecular complexity index is 382. The monoisotopic (exact) mass is 243 g/mol. The van der Waals surface area contributed by atoms with Gasteiger partial charge in [0, 0.05) is 6.54 Å². The van der Waals surface area contributed by atoms with Crippen LogP contribution >= 0.6 is 11.3 Å². The average molecular weight is 243 g/mol. The maximum atomic E-state index is 10.7. The van der Waals surface area contributed by atoms with Crippen molar-refractivity contribution in [3.8, 4) is 0 Å². The van der Waals surface area contributed by atoms with Crippen LogP contribution in [0.2, 0.25) is 0 Å². The minimum atomic E-state index is -0.880. The van der Waals surface area contributed by atoms with E-state index < -0.39 is 12.1 Å². The number of carbonyl (C=O) groups is 1. The number of rotatable bonds is 4. The third kappa shape index (κ3) is 2.67. The van der Waals surface area contributed by atoms with E-state index in [1.807, 2.05) is 6.92 Å². The SMILES string of the molecule is Cc1nnc(NCC2CCC(C(=O)O)O2)s1. The molecule has 16 heavy (non-hydrogen) atoms. The lowest BCUT2D eigenvalue weighted by atomic mass is 10.2. The summed E-state index contributed by atoms with van der Waals surface area (Å²) in [6, 6.07) is 0. The zero-order valence-electron chi connectivity index (χ0n) is 8.84. The van der Waals surface area contributed by atoms with Crippen LogP contribution in [0.15, 0.2) is 0 Å². The minimum absolute atomic E-state index is 0.0506. The maximum absolute atomic E-state index is 10.7. The molecule has 2 N–H and O–H groups in total. The second-order valence-electron chi connectivity index (χ2n) is 3.67. The number of hydrogen-bond acceptors (Lipinski definition) is 6. The van der Waals surface area contributed by atoms with Crippen LogP contribution in [0.4, 0.5) is 5.13 Å². The van der Waals surface area contributed by atoms with E-state index >= 15 is 0 Å². The van der Waals surface area contributed by atoms with Gasteiger partial charge < -0.3 is 15.2 Å². The molecule has 2 unspecified atom stereocenters. The van der Waals surface area contributed by atoms with Crippen molar-refractivity contribution >= 4 is 22.4 Å².